The molecule has 13 heavy (non-hydrogen) atoms. The van der Waals surface area contributed by atoms with Crippen molar-refractivity contribution in [1.29, 1.82) is 0 Å². The van der Waals surface area contributed by atoms with Gasteiger partial charge in [-0.25, -0.2) is 4.52 Å². The quantitative estimate of drug-likeness (QED) is 0.682. The Kier molecular flexibility index (Phi) is 1.65. The average Bonchev–Trinajstić information content (AvgIpc) is 2.54. The predicted octanol–water partition coefficient (Wildman–Crippen LogP) is 0.288. The van der Waals surface area contributed by atoms with Crippen LogP contribution in [0.3, 0.4) is 0 Å². The molecule has 5 heteroatoms. The van der Waals surface area contributed by atoms with Crippen molar-refractivity contribution in [2.24, 2.45) is 0 Å². The molecule has 0 amide bonds. The molecule has 0 saturated heterocycles. The zero-order valence-electron chi connectivity index (χ0n) is 7.53. The first-order valence-corrected chi connectivity index (χ1v) is 4.15. The van der Waals surface area contributed by atoms with Gasteiger partial charge in [0.05, 0.1) is 5.69 Å². The number of hydrogen-bond acceptors (Lipinski definition) is 3. The Hall–Kier alpha value is -1.65. The van der Waals surface area contributed by atoms with Crippen LogP contribution in [0.25, 0.3) is 5.78 Å². The minimum absolute atomic E-state index is 0.0858. The van der Waals surface area contributed by atoms with E-state index in [4.69, 9.17) is 0 Å². The number of fused-ring (bicyclic) bond motifs is 1. The van der Waals surface area contributed by atoms with Crippen LogP contribution < -0.4 is 5.56 Å². The molecule has 0 aromatic carbocycles. The van der Waals surface area contributed by atoms with Crippen molar-refractivity contribution in [3.05, 3.63) is 27.9 Å². The van der Waals surface area contributed by atoms with E-state index in [0.29, 0.717) is 11.3 Å². The molecule has 0 aliphatic carbocycles. The van der Waals surface area contributed by atoms with Gasteiger partial charge in [-0.05, 0) is 13.3 Å². The van der Waals surface area contributed by atoms with Crippen LogP contribution in [0.2, 0.25) is 0 Å². The van der Waals surface area contributed by atoms with E-state index in [1.54, 1.807) is 11.4 Å². The highest BCUT2D eigenvalue weighted by Crippen LogP contribution is 2.03. The molecule has 0 aliphatic heterocycles. The second kappa shape index (κ2) is 2.69. The van der Waals surface area contributed by atoms with Crippen molar-refractivity contribution in [3.63, 3.8) is 0 Å². The fourth-order valence-electron chi connectivity index (χ4n) is 1.42. The number of hydrogen-bond donors (Lipinski definition) is 1. The highest BCUT2D eigenvalue weighted by molar-refractivity contribution is 5.30. The van der Waals surface area contributed by atoms with Gasteiger partial charge in [-0.2, -0.15) is 10.1 Å². The molecule has 0 saturated carbocycles. The summed E-state index contributed by atoms with van der Waals surface area (Å²) in [6, 6.07) is 0. The standard InChI is InChI=1S/C8H10N4O/c1-3-6-5(2)7(13)11-8-9-4-10-12(6)8/h4H,3H2,1-2H3,(H,9,10,11,13). The first-order valence-electron chi connectivity index (χ1n) is 4.15. The molecule has 0 radical (unpaired) electrons. The molecule has 2 aromatic heterocycles. The third-order valence-corrected chi connectivity index (χ3v) is 2.14. The Morgan fingerprint density at radius 2 is 2.38 bits per heavy atom. The van der Waals surface area contributed by atoms with Crippen molar-refractivity contribution < 1.29 is 0 Å². The maximum absolute atomic E-state index is 11.4. The topological polar surface area (TPSA) is 63.0 Å². The number of H-pyrrole nitrogens is 1. The molecule has 2 aromatic rings. The van der Waals surface area contributed by atoms with Gasteiger partial charge in [0.1, 0.15) is 6.33 Å². The fraction of sp³-hybridized carbons (Fsp3) is 0.375. The maximum Gasteiger partial charge on any atom is 0.255 e. The van der Waals surface area contributed by atoms with Crippen LogP contribution in [0.1, 0.15) is 18.2 Å². The summed E-state index contributed by atoms with van der Waals surface area (Å²) in [5, 5.41) is 4.03. The van der Waals surface area contributed by atoms with Gasteiger partial charge in [0.25, 0.3) is 5.56 Å². The van der Waals surface area contributed by atoms with Crippen molar-refractivity contribution in [1.82, 2.24) is 19.6 Å². The smallest absolute Gasteiger partial charge is 0.255 e. The summed E-state index contributed by atoms with van der Waals surface area (Å²) >= 11 is 0. The van der Waals surface area contributed by atoms with Crippen LogP contribution in [0.4, 0.5) is 0 Å². The highest BCUT2D eigenvalue weighted by atomic mass is 16.1. The zero-order chi connectivity index (χ0) is 9.42. The number of aryl methyl sites for hydroxylation is 1. The molecular formula is C8H10N4O. The highest BCUT2D eigenvalue weighted by Gasteiger charge is 2.07. The van der Waals surface area contributed by atoms with Crippen molar-refractivity contribution >= 4 is 5.78 Å². The largest absolute Gasteiger partial charge is 0.291 e. The lowest BCUT2D eigenvalue weighted by Gasteiger charge is -2.03. The van der Waals surface area contributed by atoms with Gasteiger partial charge in [0.15, 0.2) is 0 Å². The van der Waals surface area contributed by atoms with Crippen LogP contribution >= 0.6 is 0 Å². The Bertz CT molecular complexity index is 496. The summed E-state index contributed by atoms with van der Waals surface area (Å²) in [4.78, 5) is 17.9. The molecule has 2 heterocycles. The van der Waals surface area contributed by atoms with E-state index < -0.39 is 0 Å². The average molecular weight is 178 g/mol. The Morgan fingerprint density at radius 1 is 1.62 bits per heavy atom. The van der Waals surface area contributed by atoms with Crippen LogP contribution in [0.15, 0.2) is 11.1 Å². The molecule has 0 unspecified atom stereocenters. The first kappa shape index (κ1) is 7.97. The molecule has 1 N–H and O–H groups in total. The second-order valence-corrected chi connectivity index (χ2v) is 2.87. The normalized spacial score (nSPS) is 10.9. The van der Waals surface area contributed by atoms with E-state index >= 15 is 0 Å². The molecule has 0 spiro atoms. The number of nitrogens with one attached hydrogen (secondary N) is 1. The SMILES string of the molecule is CCc1c(C)c(=O)[nH]c2ncnn12. The first-order chi connectivity index (χ1) is 6.24. The summed E-state index contributed by atoms with van der Waals surface area (Å²) < 4.78 is 1.66. The number of rotatable bonds is 1. The molecule has 2 rings (SSSR count). The van der Waals surface area contributed by atoms with Crippen LogP contribution in [-0.2, 0) is 6.42 Å². The molecule has 0 aliphatic rings. The van der Waals surface area contributed by atoms with Gasteiger partial charge in [0, 0.05) is 5.56 Å². The third kappa shape index (κ3) is 1.04. The summed E-state index contributed by atoms with van der Waals surface area (Å²) in [6.45, 7) is 3.78. The third-order valence-electron chi connectivity index (χ3n) is 2.14. The lowest BCUT2D eigenvalue weighted by molar-refractivity contribution is 0.826. The molecule has 68 valence electrons. The van der Waals surface area contributed by atoms with Crippen LogP contribution in [0.5, 0.6) is 0 Å². The summed E-state index contributed by atoms with van der Waals surface area (Å²) in [5.74, 6) is 0.507. The van der Waals surface area contributed by atoms with Crippen LogP contribution in [0, 0.1) is 6.92 Å². The molecule has 5 nitrogen and oxygen atoms in total. The summed E-state index contributed by atoms with van der Waals surface area (Å²) in [6.07, 6.45) is 2.21. The lowest BCUT2D eigenvalue weighted by Crippen LogP contribution is -2.17. The Labute approximate surface area is 74.4 Å². The molecular weight excluding hydrogens is 168 g/mol. The van der Waals surface area contributed by atoms with Gasteiger partial charge in [-0.3, -0.25) is 9.78 Å². The van der Waals surface area contributed by atoms with Crippen molar-refractivity contribution in [3.8, 4) is 0 Å². The molecule has 0 fully saturated rings. The van der Waals surface area contributed by atoms with Crippen LogP contribution in [-0.4, -0.2) is 19.6 Å². The fourth-order valence-corrected chi connectivity index (χ4v) is 1.42. The number of nitrogens with zero attached hydrogens (tertiary/aromatic N) is 3. The number of aromatic nitrogens is 4. The van der Waals surface area contributed by atoms with Crippen molar-refractivity contribution in [2.45, 2.75) is 20.3 Å². The minimum atomic E-state index is -0.0858. The molecule has 0 bridgehead atoms. The van der Waals surface area contributed by atoms with Gasteiger partial charge >= 0.3 is 0 Å². The van der Waals surface area contributed by atoms with Gasteiger partial charge < -0.3 is 0 Å². The van der Waals surface area contributed by atoms with E-state index in [9.17, 15) is 4.79 Å². The van der Waals surface area contributed by atoms with E-state index in [-0.39, 0.29) is 5.56 Å². The predicted molar refractivity (Wildman–Crippen MR) is 47.7 cm³/mol. The monoisotopic (exact) mass is 178 g/mol. The van der Waals surface area contributed by atoms with E-state index in [0.717, 1.165) is 12.1 Å². The van der Waals surface area contributed by atoms with Gasteiger partial charge in [0.2, 0.25) is 5.78 Å². The van der Waals surface area contributed by atoms with E-state index in [2.05, 4.69) is 15.1 Å². The number of aromatic amines is 1. The molecule has 0 atom stereocenters. The van der Waals surface area contributed by atoms with E-state index in [1.807, 2.05) is 6.92 Å². The minimum Gasteiger partial charge on any atom is -0.291 e. The Balaban J connectivity index is 2.96. The van der Waals surface area contributed by atoms with Gasteiger partial charge in [-0.15, -0.1) is 0 Å². The second-order valence-electron chi connectivity index (χ2n) is 2.87. The summed E-state index contributed by atoms with van der Waals surface area (Å²) in [5.41, 5.74) is 1.54. The van der Waals surface area contributed by atoms with Crippen molar-refractivity contribution in [2.75, 3.05) is 0 Å². The zero-order valence-corrected chi connectivity index (χ0v) is 7.53. The Morgan fingerprint density at radius 3 is 3.08 bits per heavy atom. The van der Waals surface area contributed by atoms with Gasteiger partial charge in [-0.1, -0.05) is 6.92 Å². The van der Waals surface area contributed by atoms with E-state index in [1.165, 1.54) is 6.33 Å². The maximum atomic E-state index is 11.4. The lowest BCUT2D eigenvalue weighted by atomic mass is 10.2. The summed E-state index contributed by atoms with van der Waals surface area (Å²) in [7, 11) is 0.